The minimum atomic E-state index is -0.993. The monoisotopic (exact) mass is 498 g/mol. The number of allylic oxidation sites excluding steroid dienone is 5. The maximum atomic E-state index is 12.4. The molecule has 0 fully saturated rings. The molecule has 2 aliphatic rings. The molecule has 0 bridgehead atoms. The van der Waals surface area contributed by atoms with Crippen molar-refractivity contribution < 1.29 is 14.5 Å². The van der Waals surface area contributed by atoms with E-state index in [1.165, 1.54) is 22.5 Å². The molecule has 2 aliphatic carbocycles. The predicted molar refractivity (Wildman–Crippen MR) is 151 cm³/mol. The lowest BCUT2D eigenvalue weighted by molar-refractivity contribution is -0.519. The van der Waals surface area contributed by atoms with Crippen molar-refractivity contribution in [2.45, 2.75) is 34.1 Å². The molecule has 36 heavy (non-hydrogen) atoms. The lowest BCUT2D eigenvalue weighted by Crippen LogP contribution is -2.23. The van der Waals surface area contributed by atoms with E-state index in [1.54, 1.807) is 12.1 Å². The highest BCUT2D eigenvalue weighted by Gasteiger charge is 2.29. The Labute approximate surface area is 218 Å². The number of carboxylic acids is 1. The molecule has 0 spiro atoms. The number of hydrogen-bond acceptors (Lipinski definition) is 4. The van der Waals surface area contributed by atoms with Crippen LogP contribution in [0.3, 0.4) is 0 Å². The van der Waals surface area contributed by atoms with E-state index < -0.39 is 5.97 Å². The van der Waals surface area contributed by atoms with Crippen LogP contribution in [0.4, 0.5) is 11.4 Å². The molecule has 0 unspecified atom stereocenters. The normalized spacial score (nSPS) is 14.0. The fourth-order valence-electron chi connectivity index (χ4n) is 5.20. The second kappa shape index (κ2) is 11.0. The fourth-order valence-corrected chi connectivity index (χ4v) is 5.31. The van der Waals surface area contributed by atoms with Crippen molar-refractivity contribution in [2.75, 3.05) is 31.1 Å². The topological polar surface area (TPSA) is 55.9 Å². The number of hydrogen-bond donors (Lipinski definition) is 1. The molecule has 2 aromatic carbocycles. The van der Waals surface area contributed by atoms with E-state index >= 15 is 0 Å². The number of fused-ring (bicyclic) bond motifs is 2. The highest BCUT2D eigenvalue weighted by atomic mass is 32.1. The molecule has 0 aliphatic heterocycles. The molecule has 0 radical (unpaired) electrons. The minimum absolute atomic E-state index is 0.205. The van der Waals surface area contributed by atoms with Crippen molar-refractivity contribution >= 4 is 46.0 Å². The van der Waals surface area contributed by atoms with E-state index in [4.69, 9.17) is 12.2 Å². The third-order valence-electron chi connectivity index (χ3n) is 7.03. The van der Waals surface area contributed by atoms with Crippen LogP contribution in [-0.2, 0) is 6.42 Å². The SMILES string of the molecule is CCN(CC)c1ccc2c(c1)CC1=CC(=[N+](CC)CC)C=CC1=C2c1ccc(N=C=S)cc1C(=O)O. The van der Waals surface area contributed by atoms with Crippen LogP contribution in [0.2, 0.25) is 0 Å². The maximum absolute atomic E-state index is 12.4. The minimum Gasteiger partial charge on any atom is -0.478 e. The molecule has 6 heteroatoms. The Balaban J connectivity index is 2.01. The smallest absolute Gasteiger partial charge is 0.336 e. The van der Waals surface area contributed by atoms with Gasteiger partial charge in [0, 0.05) is 30.9 Å². The molecule has 0 saturated carbocycles. The van der Waals surface area contributed by atoms with Gasteiger partial charge >= 0.3 is 5.97 Å². The zero-order valence-electron chi connectivity index (χ0n) is 21.3. The number of anilines is 1. The molecule has 0 saturated heterocycles. The van der Waals surface area contributed by atoms with Crippen LogP contribution in [0.1, 0.15) is 54.7 Å². The lowest BCUT2D eigenvalue weighted by Gasteiger charge is -2.29. The largest absolute Gasteiger partial charge is 0.478 e. The van der Waals surface area contributed by atoms with E-state index in [0.29, 0.717) is 11.3 Å². The summed E-state index contributed by atoms with van der Waals surface area (Å²) in [6, 6.07) is 11.8. The number of thiocarbonyl (C=S) groups is 1. The predicted octanol–water partition coefficient (Wildman–Crippen LogP) is 6.31. The molecule has 1 N–H and O–H groups in total. The van der Waals surface area contributed by atoms with Crippen molar-refractivity contribution in [1.29, 1.82) is 0 Å². The van der Waals surface area contributed by atoms with E-state index in [1.807, 2.05) is 6.07 Å². The number of isothiocyanates is 1. The Morgan fingerprint density at radius 1 is 1.06 bits per heavy atom. The van der Waals surface area contributed by atoms with Gasteiger partial charge in [-0.1, -0.05) is 12.1 Å². The first-order valence-electron chi connectivity index (χ1n) is 12.5. The third kappa shape index (κ3) is 4.75. The molecule has 2 aromatic rings. The van der Waals surface area contributed by atoms with Gasteiger partial charge in [-0.25, -0.2) is 9.37 Å². The van der Waals surface area contributed by atoms with Crippen LogP contribution in [0.5, 0.6) is 0 Å². The maximum Gasteiger partial charge on any atom is 0.336 e. The summed E-state index contributed by atoms with van der Waals surface area (Å²) in [5.41, 5.74) is 9.23. The molecular formula is C30H32N3O2S+. The van der Waals surface area contributed by atoms with Gasteiger partial charge in [-0.15, -0.1) is 0 Å². The second-order valence-corrected chi connectivity index (χ2v) is 9.00. The summed E-state index contributed by atoms with van der Waals surface area (Å²) < 4.78 is 2.34. The van der Waals surface area contributed by atoms with Crippen LogP contribution >= 0.6 is 12.2 Å². The average Bonchev–Trinajstić information content (AvgIpc) is 2.89. The quantitative estimate of drug-likeness (QED) is 0.263. The molecule has 0 aromatic heterocycles. The standard InChI is InChI=1S/C30H31N3O2S/c1-5-32(6-2)23-10-13-25-20(16-23)15-21-17-24(33(7-3)8-4)11-14-26(21)29(25)27-12-9-22(31-19-36)18-28(27)30(34)35/h9-14,16-18H,5-8,15H2,1-4H3/p+1. The van der Waals surface area contributed by atoms with Crippen LogP contribution in [0, 0.1) is 0 Å². The summed E-state index contributed by atoms with van der Waals surface area (Å²) in [5, 5.41) is 12.5. The first kappa shape index (κ1) is 25.5. The van der Waals surface area contributed by atoms with Crippen LogP contribution in [-0.4, -0.2) is 52.7 Å². The van der Waals surface area contributed by atoms with Gasteiger partial charge in [0.15, 0.2) is 5.71 Å². The summed E-state index contributed by atoms with van der Waals surface area (Å²) in [5.74, 6) is -0.993. The summed E-state index contributed by atoms with van der Waals surface area (Å²) in [6.07, 6.45) is 7.36. The molecule has 184 valence electrons. The number of carbonyl (C=O) groups is 1. The van der Waals surface area contributed by atoms with Crippen molar-refractivity contribution in [2.24, 2.45) is 4.99 Å². The Morgan fingerprint density at radius 3 is 2.42 bits per heavy atom. The summed E-state index contributed by atoms with van der Waals surface area (Å²) in [6.45, 7) is 12.4. The van der Waals surface area contributed by atoms with E-state index in [-0.39, 0.29) is 5.56 Å². The second-order valence-electron chi connectivity index (χ2n) is 8.82. The average molecular weight is 499 g/mol. The molecular weight excluding hydrogens is 466 g/mol. The summed E-state index contributed by atoms with van der Waals surface area (Å²) in [7, 11) is 0. The Kier molecular flexibility index (Phi) is 7.78. The van der Waals surface area contributed by atoms with Gasteiger partial charge < -0.3 is 10.0 Å². The number of carboxylic acid groups (broad SMARTS) is 1. The molecule has 0 atom stereocenters. The molecule has 5 nitrogen and oxygen atoms in total. The third-order valence-corrected chi connectivity index (χ3v) is 7.12. The van der Waals surface area contributed by atoms with Crippen molar-refractivity contribution in [3.8, 4) is 0 Å². The highest BCUT2D eigenvalue weighted by Crippen LogP contribution is 2.43. The number of rotatable bonds is 8. The molecule has 0 amide bonds. The van der Waals surface area contributed by atoms with Crippen LogP contribution in [0.15, 0.2) is 70.8 Å². The van der Waals surface area contributed by atoms with Crippen molar-refractivity contribution in [3.05, 3.63) is 88.0 Å². The zero-order valence-corrected chi connectivity index (χ0v) is 22.2. The van der Waals surface area contributed by atoms with Gasteiger partial charge in [-0.2, -0.15) is 4.99 Å². The Hall–Kier alpha value is -3.60. The van der Waals surface area contributed by atoms with Gasteiger partial charge in [0.1, 0.15) is 13.1 Å². The number of nitrogens with zero attached hydrogens (tertiary/aromatic N) is 3. The summed E-state index contributed by atoms with van der Waals surface area (Å²) in [4.78, 5) is 18.7. The zero-order chi connectivity index (χ0) is 25.8. The van der Waals surface area contributed by atoms with Crippen molar-refractivity contribution in [3.63, 3.8) is 0 Å². The number of aromatic carboxylic acids is 1. The highest BCUT2D eigenvalue weighted by molar-refractivity contribution is 7.78. The Morgan fingerprint density at radius 2 is 1.78 bits per heavy atom. The molecule has 4 rings (SSSR count). The lowest BCUT2D eigenvalue weighted by atomic mass is 9.76. The number of aliphatic imine (C=N–C) groups is 1. The van der Waals surface area contributed by atoms with Gasteiger partial charge in [0.2, 0.25) is 0 Å². The molecule has 0 heterocycles. The van der Waals surface area contributed by atoms with Gasteiger partial charge in [-0.05, 0) is 110 Å². The first-order valence-corrected chi connectivity index (χ1v) is 12.9. The van der Waals surface area contributed by atoms with Crippen LogP contribution in [0.25, 0.3) is 5.57 Å². The van der Waals surface area contributed by atoms with Crippen molar-refractivity contribution in [1.82, 2.24) is 0 Å². The van der Waals surface area contributed by atoms with Crippen LogP contribution < -0.4 is 4.90 Å². The Bertz CT molecular complexity index is 1380. The van der Waals surface area contributed by atoms with E-state index in [2.05, 4.69) is 83.8 Å². The van der Waals surface area contributed by atoms with E-state index in [0.717, 1.165) is 49.3 Å². The first-order chi connectivity index (χ1) is 17.4. The fraction of sp³-hybridized carbons (Fsp3) is 0.300. The van der Waals surface area contributed by atoms with Gasteiger partial charge in [0.25, 0.3) is 0 Å². The summed E-state index contributed by atoms with van der Waals surface area (Å²) >= 11 is 4.73. The van der Waals surface area contributed by atoms with Gasteiger partial charge in [-0.3, -0.25) is 0 Å². The van der Waals surface area contributed by atoms with E-state index in [9.17, 15) is 9.90 Å². The van der Waals surface area contributed by atoms with Gasteiger partial charge in [0.05, 0.1) is 16.4 Å². The number of benzene rings is 2.